The zero-order chi connectivity index (χ0) is 24.6. The summed E-state index contributed by atoms with van der Waals surface area (Å²) < 4.78 is 72.8. The van der Waals surface area contributed by atoms with E-state index in [1.54, 1.807) is 10.8 Å². The lowest BCUT2D eigenvalue weighted by Crippen LogP contribution is -2.38. The molecule has 1 unspecified atom stereocenters. The first-order chi connectivity index (χ1) is 16.0. The molecule has 1 aliphatic rings. The summed E-state index contributed by atoms with van der Waals surface area (Å²) in [6.45, 7) is 2.01. The first-order valence-electron chi connectivity index (χ1n) is 10.6. The van der Waals surface area contributed by atoms with Crippen molar-refractivity contribution < 1.29 is 31.1 Å². The summed E-state index contributed by atoms with van der Waals surface area (Å²) in [5, 5.41) is 0. The standard InChI is InChI=1S/C25H22F3NO4S/c1-24(16-17-7-3-2-4-8-17)14-13-18-15-19(11-12-21(18)33-24)23(30)29-34(31,32)22-10-6-5-9-20(22)25(26,27)28/h2-12,15H,13-14,16H2,1H3,(H,29,30). The average molecular weight is 490 g/mol. The normalized spacial score (nSPS) is 18.0. The Morgan fingerprint density at radius 2 is 1.71 bits per heavy atom. The van der Waals surface area contributed by atoms with Crippen LogP contribution < -0.4 is 9.46 Å². The molecule has 0 aromatic heterocycles. The Hall–Kier alpha value is -3.33. The van der Waals surface area contributed by atoms with Crippen molar-refractivity contribution in [1.82, 2.24) is 4.72 Å². The van der Waals surface area contributed by atoms with Crippen molar-refractivity contribution in [2.45, 2.75) is 42.9 Å². The molecule has 1 heterocycles. The molecule has 0 aliphatic carbocycles. The highest BCUT2D eigenvalue weighted by Crippen LogP contribution is 2.36. The molecule has 1 amide bonds. The van der Waals surface area contributed by atoms with E-state index in [-0.39, 0.29) is 5.56 Å². The summed E-state index contributed by atoms with van der Waals surface area (Å²) >= 11 is 0. The monoisotopic (exact) mass is 489 g/mol. The molecule has 34 heavy (non-hydrogen) atoms. The number of fused-ring (bicyclic) bond motifs is 1. The van der Waals surface area contributed by atoms with Gasteiger partial charge in [-0.15, -0.1) is 0 Å². The number of nitrogens with one attached hydrogen (secondary N) is 1. The molecule has 0 fully saturated rings. The highest BCUT2D eigenvalue weighted by atomic mass is 32.2. The van der Waals surface area contributed by atoms with Gasteiger partial charge < -0.3 is 4.74 Å². The Kier molecular flexibility index (Phi) is 6.16. The van der Waals surface area contributed by atoms with Crippen LogP contribution in [0.3, 0.4) is 0 Å². The number of aryl methyl sites for hydroxylation is 1. The second kappa shape index (κ2) is 8.79. The predicted octanol–water partition coefficient (Wildman–Crippen LogP) is 5.15. The molecule has 4 rings (SSSR count). The number of hydrogen-bond acceptors (Lipinski definition) is 4. The Morgan fingerprint density at radius 3 is 2.41 bits per heavy atom. The van der Waals surface area contributed by atoms with Gasteiger partial charge in [-0.3, -0.25) is 4.79 Å². The van der Waals surface area contributed by atoms with Gasteiger partial charge in [-0.2, -0.15) is 13.2 Å². The van der Waals surface area contributed by atoms with Gasteiger partial charge in [-0.1, -0.05) is 42.5 Å². The summed E-state index contributed by atoms with van der Waals surface area (Å²) in [5.74, 6) is -0.427. The molecule has 1 aliphatic heterocycles. The van der Waals surface area contributed by atoms with Crippen molar-refractivity contribution in [2.24, 2.45) is 0 Å². The fraction of sp³-hybridized carbons (Fsp3) is 0.240. The van der Waals surface area contributed by atoms with Crippen LogP contribution >= 0.6 is 0 Å². The Morgan fingerprint density at radius 1 is 1.03 bits per heavy atom. The molecule has 3 aromatic carbocycles. The van der Waals surface area contributed by atoms with Crippen LogP contribution in [0.1, 0.15) is 40.4 Å². The van der Waals surface area contributed by atoms with E-state index < -0.39 is 38.2 Å². The molecule has 0 bridgehead atoms. The Balaban J connectivity index is 1.52. The summed E-state index contributed by atoms with van der Waals surface area (Å²) in [7, 11) is -4.75. The number of carbonyl (C=O) groups excluding carboxylic acids is 1. The smallest absolute Gasteiger partial charge is 0.417 e. The van der Waals surface area contributed by atoms with Crippen LogP contribution in [-0.2, 0) is 29.0 Å². The maximum absolute atomic E-state index is 13.2. The maximum atomic E-state index is 13.2. The lowest BCUT2D eigenvalue weighted by atomic mass is 9.87. The highest BCUT2D eigenvalue weighted by Gasteiger charge is 2.37. The van der Waals surface area contributed by atoms with E-state index in [1.807, 2.05) is 37.3 Å². The molecule has 1 N–H and O–H groups in total. The van der Waals surface area contributed by atoms with Gasteiger partial charge in [-0.05, 0) is 61.2 Å². The fourth-order valence-electron chi connectivity index (χ4n) is 4.05. The first-order valence-corrected chi connectivity index (χ1v) is 12.0. The van der Waals surface area contributed by atoms with Crippen LogP contribution in [0, 0.1) is 0 Å². The van der Waals surface area contributed by atoms with Gasteiger partial charge in [0.1, 0.15) is 11.4 Å². The quantitative estimate of drug-likeness (QED) is 0.538. The number of hydrogen-bond donors (Lipinski definition) is 1. The minimum absolute atomic E-state index is 0.0158. The van der Waals surface area contributed by atoms with Crippen LogP contribution in [0.4, 0.5) is 13.2 Å². The summed E-state index contributed by atoms with van der Waals surface area (Å²) in [4.78, 5) is 11.6. The van der Waals surface area contributed by atoms with Crippen LogP contribution in [0.25, 0.3) is 0 Å². The van der Waals surface area contributed by atoms with E-state index in [9.17, 15) is 26.4 Å². The highest BCUT2D eigenvalue weighted by molar-refractivity contribution is 7.90. The number of rotatable bonds is 5. The fourth-order valence-corrected chi connectivity index (χ4v) is 5.26. The molecule has 9 heteroatoms. The van der Waals surface area contributed by atoms with Gasteiger partial charge in [0.25, 0.3) is 15.9 Å². The average Bonchev–Trinajstić information content (AvgIpc) is 2.78. The third-order valence-electron chi connectivity index (χ3n) is 5.73. The van der Waals surface area contributed by atoms with Crippen molar-refractivity contribution in [3.05, 3.63) is 95.1 Å². The number of benzene rings is 3. The zero-order valence-electron chi connectivity index (χ0n) is 18.2. The van der Waals surface area contributed by atoms with Crippen molar-refractivity contribution in [3.8, 4) is 5.75 Å². The summed E-state index contributed by atoms with van der Waals surface area (Å²) in [6.07, 6.45) is -2.91. The zero-order valence-corrected chi connectivity index (χ0v) is 19.0. The lowest BCUT2D eigenvalue weighted by Gasteiger charge is -2.36. The summed E-state index contributed by atoms with van der Waals surface area (Å²) in [6, 6.07) is 18.1. The largest absolute Gasteiger partial charge is 0.487 e. The number of ether oxygens (including phenoxy) is 1. The SMILES string of the molecule is CC1(Cc2ccccc2)CCc2cc(C(=O)NS(=O)(=O)c3ccccc3C(F)(F)F)ccc2O1. The van der Waals surface area contributed by atoms with Crippen LogP contribution in [0.15, 0.2) is 77.7 Å². The second-order valence-corrected chi connectivity index (χ2v) is 10.1. The number of alkyl halides is 3. The third kappa shape index (κ3) is 5.09. The molecular formula is C25H22F3NO4S. The van der Waals surface area contributed by atoms with E-state index in [0.29, 0.717) is 31.1 Å². The van der Waals surface area contributed by atoms with Crippen molar-refractivity contribution >= 4 is 15.9 Å². The Labute approximate surface area is 195 Å². The van der Waals surface area contributed by atoms with E-state index >= 15 is 0 Å². The van der Waals surface area contributed by atoms with E-state index in [1.165, 1.54) is 12.1 Å². The second-order valence-electron chi connectivity index (χ2n) is 8.47. The third-order valence-corrected chi connectivity index (χ3v) is 7.12. The van der Waals surface area contributed by atoms with Crippen molar-refractivity contribution in [1.29, 1.82) is 0 Å². The molecule has 178 valence electrons. The van der Waals surface area contributed by atoms with E-state index in [0.717, 1.165) is 29.3 Å². The Bertz CT molecular complexity index is 1320. The maximum Gasteiger partial charge on any atom is 0.417 e. The predicted molar refractivity (Wildman–Crippen MR) is 120 cm³/mol. The van der Waals surface area contributed by atoms with Gasteiger partial charge in [0.05, 0.1) is 10.5 Å². The number of sulfonamides is 1. The molecule has 3 aromatic rings. The molecule has 0 radical (unpaired) electrons. The minimum Gasteiger partial charge on any atom is -0.487 e. The molecule has 0 spiro atoms. The van der Waals surface area contributed by atoms with Gasteiger partial charge >= 0.3 is 6.18 Å². The van der Waals surface area contributed by atoms with E-state index in [4.69, 9.17) is 4.74 Å². The van der Waals surface area contributed by atoms with Crippen molar-refractivity contribution in [2.75, 3.05) is 0 Å². The van der Waals surface area contributed by atoms with Gasteiger partial charge in [-0.25, -0.2) is 13.1 Å². The molecule has 1 atom stereocenters. The molecule has 5 nitrogen and oxygen atoms in total. The first kappa shape index (κ1) is 23.8. The van der Waals surface area contributed by atoms with Crippen LogP contribution in [0.2, 0.25) is 0 Å². The number of amides is 1. The molecule has 0 saturated heterocycles. The number of carbonyl (C=O) groups is 1. The minimum atomic E-state index is -4.88. The lowest BCUT2D eigenvalue weighted by molar-refractivity contribution is -0.139. The summed E-state index contributed by atoms with van der Waals surface area (Å²) in [5.41, 5.74) is 0.0944. The van der Waals surface area contributed by atoms with Gasteiger partial charge in [0, 0.05) is 12.0 Å². The number of halogens is 3. The van der Waals surface area contributed by atoms with Crippen LogP contribution in [-0.4, -0.2) is 19.9 Å². The molecule has 0 saturated carbocycles. The topological polar surface area (TPSA) is 72.5 Å². The van der Waals surface area contributed by atoms with E-state index in [2.05, 4.69) is 0 Å². The van der Waals surface area contributed by atoms with Gasteiger partial charge in [0.2, 0.25) is 0 Å². The van der Waals surface area contributed by atoms with Crippen LogP contribution in [0.5, 0.6) is 5.75 Å². The van der Waals surface area contributed by atoms with Crippen molar-refractivity contribution in [3.63, 3.8) is 0 Å². The van der Waals surface area contributed by atoms with Gasteiger partial charge in [0.15, 0.2) is 0 Å². The molecular weight excluding hydrogens is 467 g/mol.